The number of hydrogen-bond acceptors (Lipinski definition) is 3. The van der Waals surface area contributed by atoms with Crippen molar-refractivity contribution in [3.8, 4) is 0 Å². The molecule has 25 heavy (non-hydrogen) atoms. The molecular formula is C19H24N2O3S. The molecule has 0 unspecified atom stereocenters. The third-order valence-corrected chi connectivity index (χ3v) is 5.32. The quantitative estimate of drug-likeness (QED) is 0.797. The molecule has 134 valence electrons. The lowest BCUT2D eigenvalue weighted by Gasteiger charge is -2.09. The fourth-order valence-electron chi connectivity index (χ4n) is 2.35. The lowest BCUT2D eigenvalue weighted by atomic mass is 10.0. The molecule has 0 saturated heterocycles. The molecule has 2 rings (SSSR count). The number of carbonyl (C=O) groups excluding carboxylic acids is 1. The van der Waals surface area contributed by atoms with E-state index in [1.54, 1.807) is 12.1 Å². The lowest BCUT2D eigenvalue weighted by Crippen LogP contribution is -2.23. The second-order valence-electron chi connectivity index (χ2n) is 6.24. The standard InChI is InChI=1S/C19H24N2O3S/c1-14(2)17-8-10-18(11-9-17)19(22)21-12-15-4-6-16(7-5-15)13-25(23,24)20-3/h4-11,14,20H,12-13H2,1-3H3,(H,21,22). The molecule has 6 heteroatoms. The minimum atomic E-state index is -3.28. The third-order valence-electron chi connectivity index (χ3n) is 3.98. The Hall–Kier alpha value is -2.18. The average molecular weight is 360 g/mol. The molecule has 0 aliphatic heterocycles. The Kier molecular flexibility index (Phi) is 6.33. The minimum absolute atomic E-state index is 0.0572. The van der Waals surface area contributed by atoms with Crippen molar-refractivity contribution >= 4 is 15.9 Å². The molecular weight excluding hydrogens is 336 g/mol. The SMILES string of the molecule is CNS(=O)(=O)Cc1ccc(CNC(=O)c2ccc(C(C)C)cc2)cc1. The second kappa shape index (κ2) is 8.27. The molecule has 0 heterocycles. The van der Waals surface area contributed by atoms with Crippen LogP contribution in [0.15, 0.2) is 48.5 Å². The summed E-state index contributed by atoms with van der Waals surface area (Å²) in [6.07, 6.45) is 0. The highest BCUT2D eigenvalue weighted by molar-refractivity contribution is 7.88. The maximum absolute atomic E-state index is 12.2. The van der Waals surface area contributed by atoms with Gasteiger partial charge in [0, 0.05) is 12.1 Å². The Labute approximate surface area is 149 Å². The van der Waals surface area contributed by atoms with E-state index in [-0.39, 0.29) is 11.7 Å². The van der Waals surface area contributed by atoms with Crippen LogP contribution in [0.5, 0.6) is 0 Å². The fraction of sp³-hybridized carbons (Fsp3) is 0.316. The molecule has 1 amide bonds. The maximum Gasteiger partial charge on any atom is 0.251 e. The topological polar surface area (TPSA) is 75.3 Å². The van der Waals surface area contributed by atoms with Crippen molar-refractivity contribution in [3.63, 3.8) is 0 Å². The zero-order valence-electron chi connectivity index (χ0n) is 14.7. The Morgan fingerprint density at radius 1 is 0.960 bits per heavy atom. The van der Waals surface area contributed by atoms with E-state index in [1.807, 2.05) is 36.4 Å². The van der Waals surface area contributed by atoms with Gasteiger partial charge in [-0.3, -0.25) is 4.79 Å². The van der Waals surface area contributed by atoms with Crippen LogP contribution >= 0.6 is 0 Å². The largest absolute Gasteiger partial charge is 0.348 e. The normalized spacial score (nSPS) is 11.5. The van der Waals surface area contributed by atoms with Gasteiger partial charge in [-0.1, -0.05) is 50.2 Å². The van der Waals surface area contributed by atoms with Crippen LogP contribution in [0.4, 0.5) is 0 Å². The Morgan fingerprint density at radius 2 is 1.52 bits per heavy atom. The molecule has 0 radical (unpaired) electrons. The van der Waals surface area contributed by atoms with Gasteiger partial charge < -0.3 is 5.32 Å². The molecule has 2 aromatic carbocycles. The molecule has 2 aromatic rings. The highest BCUT2D eigenvalue weighted by atomic mass is 32.2. The van der Waals surface area contributed by atoms with Crippen LogP contribution in [0.25, 0.3) is 0 Å². The third kappa shape index (κ3) is 5.69. The first-order valence-corrected chi connectivity index (χ1v) is 9.83. The van der Waals surface area contributed by atoms with Crippen molar-refractivity contribution in [2.75, 3.05) is 7.05 Å². The van der Waals surface area contributed by atoms with Gasteiger partial charge in [0.1, 0.15) is 0 Å². The van der Waals surface area contributed by atoms with Gasteiger partial charge in [-0.2, -0.15) is 0 Å². The fourth-order valence-corrected chi connectivity index (χ4v) is 3.12. The van der Waals surface area contributed by atoms with Crippen LogP contribution in [-0.4, -0.2) is 21.4 Å². The maximum atomic E-state index is 12.2. The van der Waals surface area contributed by atoms with Crippen LogP contribution < -0.4 is 10.0 Å². The summed E-state index contributed by atoms with van der Waals surface area (Å²) >= 11 is 0. The summed E-state index contributed by atoms with van der Waals surface area (Å²) < 4.78 is 25.3. The highest BCUT2D eigenvalue weighted by Crippen LogP contribution is 2.15. The first kappa shape index (κ1) is 19.1. The lowest BCUT2D eigenvalue weighted by molar-refractivity contribution is 0.0951. The summed E-state index contributed by atoms with van der Waals surface area (Å²) in [6.45, 7) is 4.62. The zero-order chi connectivity index (χ0) is 18.4. The van der Waals surface area contributed by atoms with Crippen molar-refractivity contribution in [1.82, 2.24) is 10.0 Å². The summed E-state index contributed by atoms with van der Waals surface area (Å²) in [5.74, 6) is 0.248. The van der Waals surface area contributed by atoms with Gasteiger partial charge in [-0.05, 0) is 41.8 Å². The smallest absolute Gasteiger partial charge is 0.251 e. The van der Waals surface area contributed by atoms with Crippen molar-refractivity contribution in [2.24, 2.45) is 0 Å². The van der Waals surface area contributed by atoms with Gasteiger partial charge in [0.15, 0.2) is 0 Å². The summed E-state index contributed by atoms with van der Waals surface area (Å²) in [5, 5.41) is 2.87. The molecule has 0 spiro atoms. The van der Waals surface area contributed by atoms with E-state index in [1.165, 1.54) is 12.6 Å². The van der Waals surface area contributed by atoms with Crippen LogP contribution in [0, 0.1) is 0 Å². The molecule has 0 atom stereocenters. The van der Waals surface area contributed by atoms with E-state index in [2.05, 4.69) is 23.9 Å². The molecule has 0 saturated carbocycles. The number of carbonyl (C=O) groups is 1. The van der Waals surface area contributed by atoms with Crippen molar-refractivity contribution in [3.05, 3.63) is 70.8 Å². The van der Waals surface area contributed by atoms with E-state index >= 15 is 0 Å². The van der Waals surface area contributed by atoms with Gasteiger partial charge in [-0.25, -0.2) is 13.1 Å². The first-order valence-electron chi connectivity index (χ1n) is 8.18. The van der Waals surface area contributed by atoms with E-state index in [0.717, 1.165) is 5.56 Å². The molecule has 0 bridgehead atoms. The number of amides is 1. The molecule has 0 aromatic heterocycles. The number of rotatable bonds is 7. The Morgan fingerprint density at radius 3 is 2.04 bits per heavy atom. The molecule has 0 aliphatic rings. The molecule has 2 N–H and O–H groups in total. The van der Waals surface area contributed by atoms with Gasteiger partial charge in [-0.15, -0.1) is 0 Å². The highest BCUT2D eigenvalue weighted by Gasteiger charge is 2.09. The summed E-state index contributed by atoms with van der Waals surface area (Å²) in [5.41, 5.74) is 3.44. The molecule has 0 fully saturated rings. The summed E-state index contributed by atoms with van der Waals surface area (Å²) in [7, 11) is -1.88. The molecule has 5 nitrogen and oxygen atoms in total. The predicted octanol–water partition coefficient (Wildman–Crippen LogP) is 2.79. The van der Waals surface area contributed by atoms with Gasteiger partial charge in [0.25, 0.3) is 5.91 Å². The van der Waals surface area contributed by atoms with Crippen LogP contribution in [0.3, 0.4) is 0 Å². The van der Waals surface area contributed by atoms with Gasteiger partial charge in [0.2, 0.25) is 10.0 Å². The number of sulfonamides is 1. The minimum Gasteiger partial charge on any atom is -0.348 e. The van der Waals surface area contributed by atoms with E-state index in [4.69, 9.17) is 0 Å². The van der Waals surface area contributed by atoms with Gasteiger partial charge >= 0.3 is 0 Å². The van der Waals surface area contributed by atoms with Crippen molar-refractivity contribution < 1.29 is 13.2 Å². The van der Waals surface area contributed by atoms with Crippen molar-refractivity contribution in [1.29, 1.82) is 0 Å². The number of nitrogens with one attached hydrogen (secondary N) is 2. The van der Waals surface area contributed by atoms with Gasteiger partial charge in [0.05, 0.1) is 5.75 Å². The van der Waals surface area contributed by atoms with Crippen molar-refractivity contribution in [2.45, 2.75) is 32.1 Å². The summed E-state index contributed by atoms with van der Waals surface area (Å²) in [6, 6.07) is 14.8. The Bertz CT molecular complexity index is 811. The zero-order valence-corrected chi connectivity index (χ0v) is 15.6. The second-order valence-corrected chi connectivity index (χ2v) is 8.17. The van der Waals surface area contributed by atoms with E-state index < -0.39 is 10.0 Å². The first-order chi connectivity index (χ1) is 11.8. The monoisotopic (exact) mass is 360 g/mol. The van der Waals surface area contributed by atoms with Crippen LogP contribution in [0.1, 0.15) is 46.8 Å². The van der Waals surface area contributed by atoms with Crippen LogP contribution in [0.2, 0.25) is 0 Å². The predicted molar refractivity (Wildman–Crippen MR) is 99.8 cm³/mol. The molecule has 0 aliphatic carbocycles. The van der Waals surface area contributed by atoms with Crippen LogP contribution in [-0.2, 0) is 22.3 Å². The van der Waals surface area contributed by atoms with E-state index in [0.29, 0.717) is 23.6 Å². The summed E-state index contributed by atoms with van der Waals surface area (Å²) in [4.78, 5) is 12.2. The van der Waals surface area contributed by atoms with E-state index in [9.17, 15) is 13.2 Å². The Balaban J connectivity index is 1.93. The number of benzene rings is 2. The average Bonchev–Trinajstić information content (AvgIpc) is 2.60. The number of hydrogen-bond donors (Lipinski definition) is 2.